The highest BCUT2D eigenvalue weighted by Gasteiger charge is 2.28. The number of H-pyrrole nitrogens is 1. The molecule has 10 nitrogen and oxygen atoms in total. The highest BCUT2D eigenvalue weighted by molar-refractivity contribution is 7.91. The third kappa shape index (κ3) is 5.68. The Morgan fingerprint density at radius 1 is 1.04 bits per heavy atom. The Morgan fingerprint density at radius 3 is 2.60 bits per heavy atom. The number of hydrogen-bond donors (Lipinski definition) is 2. The maximum Gasteiger partial charge on any atom is 0.253 e. The molecule has 1 fully saturated rings. The highest BCUT2D eigenvalue weighted by atomic mass is 32.2. The molecule has 2 aliphatic heterocycles. The van der Waals surface area contributed by atoms with E-state index in [0.717, 1.165) is 66.0 Å². The zero-order valence-electron chi connectivity index (χ0n) is 27.0. The van der Waals surface area contributed by atoms with Gasteiger partial charge in [-0.1, -0.05) is 24.3 Å². The second-order valence-electron chi connectivity index (χ2n) is 12.5. The molecule has 0 saturated carbocycles. The molecule has 1 saturated heterocycles. The number of nitrogens with zero attached hydrogens (tertiary/aromatic N) is 4. The number of carbonyl (C=O) groups is 1. The van der Waals surface area contributed by atoms with Crippen LogP contribution in [0.1, 0.15) is 33.5 Å². The van der Waals surface area contributed by atoms with E-state index in [1.54, 1.807) is 31.5 Å². The molecule has 7 rings (SSSR count). The maximum absolute atomic E-state index is 14.4. The number of aryl methyl sites for hydroxylation is 1. The van der Waals surface area contributed by atoms with Gasteiger partial charge >= 0.3 is 0 Å². The third-order valence-electron chi connectivity index (χ3n) is 9.40. The quantitative estimate of drug-likeness (QED) is 0.256. The van der Waals surface area contributed by atoms with E-state index < -0.39 is 9.84 Å². The lowest BCUT2D eigenvalue weighted by molar-refractivity contribution is 0.0789. The van der Waals surface area contributed by atoms with Gasteiger partial charge in [0.25, 0.3) is 5.91 Å². The Morgan fingerprint density at radius 2 is 1.85 bits per heavy atom. The summed E-state index contributed by atoms with van der Waals surface area (Å²) < 4.78 is 34.5. The van der Waals surface area contributed by atoms with Crippen LogP contribution in [0.4, 0.5) is 0 Å². The molecule has 4 heterocycles. The Kier molecular flexibility index (Phi) is 8.07. The summed E-state index contributed by atoms with van der Waals surface area (Å²) in [6.07, 6.45) is 4.88. The predicted octanol–water partition coefficient (Wildman–Crippen LogP) is 4.86. The molecule has 2 aromatic heterocycles. The normalized spacial score (nSPS) is 16.9. The van der Waals surface area contributed by atoms with Crippen LogP contribution in [0.15, 0.2) is 76.9 Å². The number of likely N-dealkylation sites (N-methyl/N-ethyl adjacent to an activating group) is 2. The predicted molar refractivity (Wildman–Crippen MR) is 181 cm³/mol. The Bertz CT molecular complexity index is 2110. The number of aromatic nitrogens is 3. The number of sulfone groups is 1. The van der Waals surface area contributed by atoms with Crippen molar-refractivity contribution >= 4 is 26.9 Å². The van der Waals surface area contributed by atoms with Crippen molar-refractivity contribution in [2.24, 2.45) is 0 Å². The fourth-order valence-electron chi connectivity index (χ4n) is 6.72. The molecule has 0 bridgehead atoms. The van der Waals surface area contributed by atoms with Crippen molar-refractivity contribution in [1.82, 2.24) is 30.1 Å². The molecule has 5 aromatic rings. The van der Waals surface area contributed by atoms with Gasteiger partial charge in [0.15, 0.2) is 10.7 Å². The van der Waals surface area contributed by atoms with E-state index in [2.05, 4.69) is 38.3 Å². The Labute approximate surface area is 274 Å². The number of ether oxygens (including phenoxy) is 1. The van der Waals surface area contributed by atoms with Gasteiger partial charge in [-0.3, -0.25) is 4.79 Å². The number of rotatable bonds is 7. The van der Waals surface area contributed by atoms with Crippen molar-refractivity contribution in [3.63, 3.8) is 0 Å². The highest BCUT2D eigenvalue weighted by Crippen LogP contribution is 2.38. The summed E-state index contributed by atoms with van der Waals surface area (Å²) >= 11 is 0. The SMILES string of the molecule is CN[C@H]1CCN(C(=O)c2ccc(-c3c[nH]c4ncc(S(=O)(=O)c5cc(C)ccc5-c5cc6c(c(OC)c5)CCN(C)C6)nc34)cc2)C1. The number of carbonyl (C=O) groups excluding carboxylic acids is 1. The summed E-state index contributed by atoms with van der Waals surface area (Å²) in [4.78, 5) is 29.6. The van der Waals surface area contributed by atoms with Gasteiger partial charge in [0.05, 0.1) is 18.2 Å². The van der Waals surface area contributed by atoms with Crippen molar-refractivity contribution in [3.8, 4) is 28.0 Å². The topological polar surface area (TPSA) is 121 Å². The van der Waals surface area contributed by atoms with E-state index in [1.807, 2.05) is 49.2 Å². The van der Waals surface area contributed by atoms with Crippen LogP contribution in [0.2, 0.25) is 0 Å². The van der Waals surface area contributed by atoms with Crippen LogP contribution >= 0.6 is 0 Å². The zero-order valence-corrected chi connectivity index (χ0v) is 27.8. The smallest absolute Gasteiger partial charge is 0.253 e. The summed E-state index contributed by atoms with van der Waals surface area (Å²) in [6.45, 7) is 4.98. The van der Waals surface area contributed by atoms with Crippen molar-refractivity contribution in [3.05, 3.63) is 89.2 Å². The van der Waals surface area contributed by atoms with Gasteiger partial charge < -0.3 is 24.8 Å². The van der Waals surface area contributed by atoms with Gasteiger partial charge in [-0.05, 0) is 92.0 Å². The molecule has 242 valence electrons. The third-order valence-corrected chi connectivity index (χ3v) is 11.1. The number of fused-ring (bicyclic) bond motifs is 2. The molecular weight excluding hydrogens is 613 g/mol. The lowest BCUT2D eigenvalue weighted by Crippen LogP contribution is -2.33. The van der Waals surface area contributed by atoms with E-state index in [9.17, 15) is 13.2 Å². The number of aromatic amines is 1. The van der Waals surface area contributed by atoms with E-state index >= 15 is 0 Å². The lowest BCUT2D eigenvalue weighted by atomic mass is 9.93. The van der Waals surface area contributed by atoms with E-state index in [-0.39, 0.29) is 15.8 Å². The second kappa shape index (κ2) is 12.2. The summed E-state index contributed by atoms with van der Waals surface area (Å²) in [5, 5.41) is 3.10. The average Bonchev–Trinajstić information content (AvgIpc) is 3.75. The van der Waals surface area contributed by atoms with Crippen molar-refractivity contribution in [1.29, 1.82) is 0 Å². The summed E-state index contributed by atoms with van der Waals surface area (Å²) in [5.41, 5.74) is 7.49. The first-order chi connectivity index (χ1) is 22.7. The fraction of sp³-hybridized carbons (Fsp3) is 0.306. The van der Waals surface area contributed by atoms with E-state index in [4.69, 9.17) is 4.74 Å². The molecule has 47 heavy (non-hydrogen) atoms. The van der Waals surface area contributed by atoms with Crippen LogP contribution in [0, 0.1) is 6.92 Å². The van der Waals surface area contributed by atoms with E-state index in [1.165, 1.54) is 6.20 Å². The van der Waals surface area contributed by atoms with Gasteiger partial charge in [-0.15, -0.1) is 0 Å². The molecule has 0 spiro atoms. The number of likely N-dealkylation sites (tertiary alicyclic amines) is 1. The number of methoxy groups -OCH3 is 1. The molecule has 1 atom stereocenters. The first kappa shape index (κ1) is 31.0. The molecule has 2 N–H and O–H groups in total. The fourth-order valence-corrected chi connectivity index (χ4v) is 8.17. The van der Waals surface area contributed by atoms with Crippen LogP contribution in [0.25, 0.3) is 33.4 Å². The standard InChI is InChI=1S/C36H38N6O4S/c1-22-5-10-29(25-16-26-20-41(3)13-12-28(26)31(17-25)46-4)32(15-22)47(44,45)33-19-39-35-34(40-33)30(18-38-35)23-6-8-24(9-7-23)36(43)42-14-11-27(21-42)37-2/h5-10,15-19,27,37H,11-14,20-21H2,1-4H3,(H,38,39)/t27-/m0/s1. The zero-order chi connectivity index (χ0) is 32.9. The summed E-state index contributed by atoms with van der Waals surface area (Å²) in [5.74, 6) is 0.766. The minimum absolute atomic E-state index is 0.000997. The van der Waals surface area contributed by atoms with Gasteiger partial charge in [0.2, 0.25) is 9.84 Å². The molecular formula is C36H38N6O4S. The monoisotopic (exact) mass is 650 g/mol. The lowest BCUT2D eigenvalue weighted by Gasteiger charge is -2.27. The van der Waals surface area contributed by atoms with Crippen molar-refractivity contribution in [2.45, 2.75) is 42.3 Å². The number of benzene rings is 3. The molecule has 3 aromatic carbocycles. The summed E-state index contributed by atoms with van der Waals surface area (Å²) in [7, 11) is 1.56. The first-order valence-corrected chi connectivity index (χ1v) is 17.3. The number of amides is 1. The van der Waals surface area contributed by atoms with Gasteiger partial charge in [-0.25, -0.2) is 18.4 Å². The van der Waals surface area contributed by atoms with Crippen molar-refractivity contribution in [2.75, 3.05) is 40.8 Å². The molecule has 11 heteroatoms. The second-order valence-corrected chi connectivity index (χ2v) is 14.4. The first-order valence-electron chi connectivity index (χ1n) is 15.8. The molecule has 0 unspecified atom stereocenters. The van der Waals surface area contributed by atoms with Crippen LogP contribution in [0.3, 0.4) is 0 Å². The summed E-state index contributed by atoms with van der Waals surface area (Å²) in [6, 6.07) is 17.1. The van der Waals surface area contributed by atoms with Gasteiger partial charge in [0, 0.05) is 55.1 Å². The molecule has 0 aliphatic carbocycles. The van der Waals surface area contributed by atoms with Crippen LogP contribution in [-0.2, 0) is 22.8 Å². The average molecular weight is 651 g/mol. The minimum Gasteiger partial charge on any atom is -0.496 e. The number of nitrogens with one attached hydrogen (secondary N) is 2. The van der Waals surface area contributed by atoms with Crippen LogP contribution in [0.5, 0.6) is 5.75 Å². The van der Waals surface area contributed by atoms with Crippen LogP contribution in [-0.4, -0.2) is 86.0 Å². The maximum atomic E-state index is 14.4. The Balaban J connectivity index is 1.25. The van der Waals surface area contributed by atoms with Crippen molar-refractivity contribution < 1.29 is 17.9 Å². The minimum atomic E-state index is -4.09. The van der Waals surface area contributed by atoms with Gasteiger partial charge in [-0.2, -0.15) is 0 Å². The van der Waals surface area contributed by atoms with Gasteiger partial charge in [0.1, 0.15) is 11.3 Å². The van der Waals surface area contributed by atoms with Crippen LogP contribution < -0.4 is 10.1 Å². The molecule has 1 amide bonds. The number of hydrogen-bond acceptors (Lipinski definition) is 8. The molecule has 2 aliphatic rings. The van der Waals surface area contributed by atoms with E-state index in [0.29, 0.717) is 40.4 Å². The molecule has 0 radical (unpaired) electrons. The largest absolute Gasteiger partial charge is 0.496 e. The Hall–Kier alpha value is -4.58.